The van der Waals surface area contributed by atoms with Crippen molar-refractivity contribution in [3.8, 4) is 11.4 Å². The summed E-state index contributed by atoms with van der Waals surface area (Å²) in [5, 5.41) is 4.23. The lowest BCUT2D eigenvalue weighted by Crippen LogP contribution is -2.41. The highest BCUT2D eigenvalue weighted by Crippen LogP contribution is 2.37. The average molecular weight is 300 g/mol. The lowest BCUT2D eigenvalue weighted by molar-refractivity contribution is 0.00578. The van der Waals surface area contributed by atoms with Gasteiger partial charge in [-0.15, -0.1) is 0 Å². The Morgan fingerprint density at radius 2 is 1.82 bits per heavy atom. The summed E-state index contributed by atoms with van der Waals surface area (Å²) in [5.41, 5.74) is 1.08. The summed E-state index contributed by atoms with van der Waals surface area (Å²) in [6, 6.07) is 7.77. The van der Waals surface area contributed by atoms with Crippen LogP contribution in [0, 0.1) is 0 Å². The quantitative estimate of drug-likeness (QED) is 0.815. The van der Waals surface area contributed by atoms with E-state index in [1.807, 2.05) is 58.2 Å². The molecule has 6 heteroatoms. The first-order valence-electron chi connectivity index (χ1n) is 7.38. The lowest BCUT2D eigenvalue weighted by atomic mass is 9.78. The molecule has 1 aliphatic heterocycles. The van der Waals surface area contributed by atoms with E-state index >= 15 is 0 Å². The number of ether oxygens (including phenoxy) is 1. The van der Waals surface area contributed by atoms with Crippen LogP contribution in [0.1, 0.15) is 27.7 Å². The van der Waals surface area contributed by atoms with Gasteiger partial charge >= 0.3 is 7.12 Å². The Balaban J connectivity index is 1.95. The third kappa shape index (κ3) is 2.42. The molecule has 1 aromatic heterocycles. The Hall–Kier alpha value is -1.79. The maximum absolute atomic E-state index is 6.10. The predicted octanol–water partition coefficient (Wildman–Crippen LogP) is 2.18. The molecular formula is C16H21BN2O3. The fourth-order valence-corrected chi connectivity index (χ4v) is 2.43. The molecule has 1 aliphatic rings. The molecule has 0 unspecified atom stereocenters. The summed E-state index contributed by atoms with van der Waals surface area (Å²) in [6.45, 7) is 8.16. The first-order valence-corrected chi connectivity index (χ1v) is 7.38. The van der Waals surface area contributed by atoms with Crippen molar-refractivity contribution in [3.63, 3.8) is 0 Å². The molecule has 1 fully saturated rings. The van der Waals surface area contributed by atoms with Gasteiger partial charge in [-0.2, -0.15) is 5.10 Å². The molecular weight excluding hydrogens is 279 g/mol. The van der Waals surface area contributed by atoms with Gasteiger partial charge in [0, 0.05) is 23.9 Å². The van der Waals surface area contributed by atoms with E-state index in [2.05, 4.69) is 5.10 Å². The summed E-state index contributed by atoms with van der Waals surface area (Å²) in [6.07, 6.45) is 3.64. The molecule has 0 radical (unpaired) electrons. The minimum atomic E-state index is -0.438. The number of aromatic nitrogens is 2. The van der Waals surface area contributed by atoms with Gasteiger partial charge in [0.05, 0.1) is 24.0 Å². The van der Waals surface area contributed by atoms with Crippen molar-refractivity contribution in [1.82, 2.24) is 9.78 Å². The second-order valence-corrected chi connectivity index (χ2v) is 6.47. The topological polar surface area (TPSA) is 45.5 Å². The SMILES string of the molecule is COc1cc(-n2cccn2)ccc1B1OC(C)(C)C(C)(C)O1. The summed E-state index contributed by atoms with van der Waals surface area (Å²) in [4.78, 5) is 0. The van der Waals surface area contributed by atoms with Gasteiger partial charge in [0.15, 0.2) is 0 Å². The number of benzene rings is 1. The minimum absolute atomic E-state index is 0.372. The fraction of sp³-hybridized carbons (Fsp3) is 0.438. The highest BCUT2D eigenvalue weighted by molar-refractivity contribution is 6.63. The van der Waals surface area contributed by atoms with E-state index in [9.17, 15) is 0 Å². The van der Waals surface area contributed by atoms with E-state index in [1.54, 1.807) is 18.0 Å². The molecule has 5 nitrogen and oxygen atoms in total. The number of methoxy groups -OCH3 is 1. The predicted molar refractivity (Wildman–Crippen MR) is 85.8 cm³/mol. The smallest absolute Gasteiger partial charge is 0.497 e. The number of hydrogen-bond acceptors (Lipinski definition) is 4. The Kier molecular flexibility index (Phi) is 3.53. The number of rotatable bonds is 3. The van der Waals surface area contributed by atoms with Crippen LogP contribution < -0.4 is 10.2 Å². The molecule has 0 aliphatic carbocycles. The largest absolute Gasteiger partial charge is 0.498 e. The van der Waals surface area contributed by atoms with Crippen LogP contribution in [0.25, 0.3) is 5.69 Å². The van der Waals surface area contributed by atoms with E-state index in [-0.39, 0.29) is 11.2 Å². The van der Waals surface area contributed by atoms with Crippen LogP contribution >= 0.6 is 0 Å². The molecule has 2 aromatic rings. The molecule has 0 saturated carbocycles. The van der Waals surface area contributed by atoms with Crippen molar-refractivity contribution < 1.29 is 14.0 Å². The molecule has 1 saturated heterocycles. The third-order valence-corrected chi connectivity index (χ3v) is 4.49. The second kappa shape index (κ2) is 5.14. The van der Waals surface area contributed by atoms with Gasteiger partial charge < -0.3 is 14.0 Å². The summed E-state index contributed by atoms with van der Waals surface area (Å²) < 4.78 is 19.5. The average Bonchev–Trinajstić information content (AvgIpc) is 3.05. The van der Waals surface area contributed by atoms with Crippen LogP contribution in [0.4, 0.5) is 0 Å². The van der Waals surface area contributed by atoms with Crippen molar-refractivity contribution >= 4 is 12.6 Å². The molecule has 0 spiro atoms. The Morgan fingerprint density at radius 1 is 1.14 bits per heavy atom. The van der Waals surface area contributed by atoms with Gasteiger partial charge in [-0.3, -0.25) is 0 Å². The Labute approximate surface area is 131 Å². The third-order valence-electron chi connectivity index (χ3n) is 4.49. The lowest BCUT2D eigenvalue weighted by Gasteiger charge is -2.32. The van der Waals surface area contributed by atoms with E-state index in [4.69, 9.17) is 14.0 Å². The molecule has 0 amide bonds. The minimum Gasteiger partial charge on any atom is -0.497 e. The number of nitrogens with zero attached hydrogens (tertiary/aromatic N) is 2. The van der Waals surface area contributed by atoms with E-state index in [1.165, 1.54) is 0 Å². The van der Waals surface area contributed by atoms with E-state index in [0.717, 1.165) is 16.9 Å². The Morgan fingerprint density at radius 3 is 2.36 bits per heavy atom. The van der Waals surface area contributed by atoms with Crippen LogP contribution in [-0.2, 0) is 9.31 Å². The van der Waals surface area contributed by atoms with Crippen molar-refractivity contribution in [3.05, 3.63) is 36.7 Å². The van der Waals surface area contributed by atoms with Crippen LogP contribution in [-0.4, -0.2) is 35.2 Å². The highest BCUT2D eigenvalue weighted by atomic mass is 16.7. The number of hydrogen-bond donors (Lipinski definition) is 0. The maximum Gasteiger partial charge on any atom is 0.498 e. The van der Waals surface area contributed by atoms with Gasteiger partial charge in [0.25, 0.3) is 0 Å². The molecule has 0 bridgehead atoms. The standard InChI is InChI=1S/C16H21BN2O3/c1-15(2)16(3,4)22-17(21-15)13-8-7-12(11-14(13)20-5)19-10-6-9-18-19/h6-11H,1-5H3. The molecule has 2 heterocycles. The zero-order valence-electron chi connectivity index (χ0n) is 13.7. The van der Waals surface area contributed by atoms with Gasteiger partial charge in [0.2, 0.25) is 0 Å². The zero-order valence-corrected chi connectivity index (χ0v) is 13.7. The first-order chi connectivity index (χ1) is 10.3. The molecule has 0 N–H and O–H groups in total. The van der Waals surface area contributed by atoms with Crippen molar-refractivity contribution in [2.45, 2.75) is 38.9 Å². The van der Waals surface area contributed by atoms with Crippen LogP contribution in [0.5, 0.6) is 5.75 Å². The normalized spacial score (nSPS) is 19.4. The second-order valence-electron chi connectivity index (χ2n) is 6.47. The maximum atomic E-state index is 6.10. The van der Waals surface area contributed by atoms with Crippen LogP contribution in [0.2, 0.25) is 0 Å². The highest BCUT2D eigenvalue weighted by Gasteiger charge is 2.52. The van der Waals surface area contributed by atoms with Crippen molar-refractivity contribution in [1.29, 1.82) is 0 Å². The molecule has 3 rings (SSSR count). The van der Waals surface area contributed by atoms with Gasteiger partial charge in [-0.1, -0.05) is 6.07 Å². The zero-order chi connectivity index (χ0) is 16.0. The van der Waals surface area contributed by atoms with Crippen LogP contribution in [0.3, 0.4) is 0 Å². The van der Waals surface area contributed by atoms with Crippen molar-refractivity contribution in [2.75, 3.05) is 7.11 Å². The summed E-state index contributed by atoms with van der Waals surface area (Å²) in [7, 11) is 1.21. The summed E-state index contributed by atoms with van der Waals surface area (Å²) >= 11 is 0. The summed E-state index contributed by atoms with van der Waals surface area (Å²) in [5.74, 6) is 0.728. The van der Waals surface area contributed by atoms with Gasteiger partial charge in [-0.25, -0.2) is 4.68 Å². The van der Waals surface area contributed by atoms with E-state index < -0.39 is 7.12 Å². The Bertz CT molecular complexity index is 652. The molecule has 22 heavy (non-hydrogen) atoms. The van der Waals surface area contributed by atoms with Gasteiger partial charge in [0.1, 0.15) is 5.75 Å². The van der Waals surface area contributed by atoms with E-state index in [0.29, 0.717) is 0 Å². The molecule has 116 valence electrons. The van der Waals surface area contributed by atoms with Gasteiger partial charge in [-0.05, 0) is 39.8 Å². The molecule has 0 atom stereocenters. The first kappa shape index (κ1) is 15.1. The monoisotopic (exact) mass is 300 g/mol. The fourth-order valence-electron chi connectivity index (χ4n) is 2.43. The van der Waals surface area contributed by atoms with Crippen molar-refractivity contribution in [2.24, 2.45) is 0 Å². The van der Waals surface area contributed by atoms with Crippen LogP contribution in [0.15, 0.2) is 36.7 Å². The molecule has 1 aromatic carbocycles.